The van der Waals surface area contributed by atoms with E-state index >= 15 is 0 Å². The molecule has 1 amide bonds. The summed E-state index contributed by atoms with van der Waals surface area (Å²) in [7, 11) is 3.34. The molecule has 0 radical (unpaired) electrons. The van der Waals surface area contributed by atoms with E-state index in [0.29, 0.717) is 19.6 Å². The first kappa shape index (κ1) is 17.6. The van der Waals surface area contributed by atoms with Crippen LogP contribution in [-0.4, -0.2) is 43.2 Å². The molecule has 5 nitrogen and oxygen atoms in total. The van der Waals surface area contributed by atoms with Gasteiger partial charge in [-0.3, -0.25) is 4.79 Å². The van der Waals surface area contributed by atoms with E-state index < -0.39 is 0 Å². The molecule has 1 atom stereocenters. The van der Waals surface area contributed by atoms with Crippen LogP contribution in [0, 0.1) is 0 Å². The molecule has 1 saturated heterocycles. The molecule has 3 aromatic rings. The third-order valence-electron chi connectivity index (χ3n) is 5.30. The van der Waals surface area contributed by atoms with E-state index in [9.17, 15) is 4.79 Å². The zero-order valence-corrected chi connectivity index (χ0v) is 15.7. The fourth-order valence-corrected chi connectivity index (χ4v) is 4.02. The minimum Gasteiger partial charge on any atom is -0.497 e. The van der Waals surface area contributed by atoms with Gasteiger partial charge in [-0.05, 0) is 24.6 Å². The van der Waals surface area contributed by atoms with Gasteiger partial charge in [0.1, 0.15) is 5.75 Å². The Morgan fingerprint density at radius 1 is 1.15 bits per heavy atom. The number of aromatic amines is 1. The number of carbonyl (C=O) groups excluding carboxylic acids is 1. The second-order valence-electron chi connectivity index (χ2n) is 6.83. The molecule has 27 heavy (non-hydrogen) atoms. The number of methoxy groups -OCH3 is 2. The van der Waals surface area contributed by atoms with Gasteiger partial charge in [-0.15, -0.1) is 0 Å². The van der Waals surface area contributed by atoms with Gasteiger partial charge in [0.05, 0.1) is 25.5 Å². The van der Waals surface area contributed by atoms with Crippen LogP contribution in [0.1, 0.15) is 24.4 Å². The smallest absolute Gasteiger partial charge is 0.223 e. The minimum absolute atomic E-state index is 0.0463. The Morgan fingerprint density at radius 3 is 2.81 bits per heavy atom. The molecule has 1 aromatic heterocycles. The molecule has 1 fully saturated rings. The number of ether oxygens (including phenoxy) is 2. The number of hydrogen-bond donors (Lipinski definition) is 1. The van der Waals surface area contributed by atoms with Crippen molar-refractivity contribution in [3.05, 3.63) is 54.1 Å². The van der Waals surface area contributed by atoms with Crippen molar-refractivity contribution < 1.29 is 14.3 Å². The summed E-state index contributed by atoms with van der Waals surface area (Å²) in [4.78, 5) is 18.0. The van der Waals surface area contributed by atoms with E-state index in [2.05, 4.69) is 23.2 Å². The number of fused-ring (bicyclic) bond motifs is 1. The highest BCUT2D eigenvalue weighted by atomic mass is 16.5. The zero-order chi connectivity index (χ0) is 18.8. The molecule has 0 bridgehead atoms. The van der Waals surface area contributed by atoms with Gasteiger partial charge in [-0.1, -0.05) is 30.3 Å². The van der Waals surface area contributed by atoms with Gasteiger partial charge in [0.25, 0.3) is 0 Å². The fourth-order valence-electron chi connectivity index (χ4n) is 4.02. The lowest BCUT2D eigenvalue weighted by atomic mass is 9.97. The van der Waals surface area contributed by atoms with Crippen molar-refractivity contribution in [2.24, 2.45) is 0 Å². The highest BCUT2D eigenvalue weighted by molar-refractivity contribution is 5.93. The lowest BCUT2D eigenvalue weighted by Crippen LogP contribution is -2.31. The Morgan fingerprint density at radius 2 is 2.00 bits per heavy atom. The molecule has 2 heterocycles. The summed E-state index contributed by atoms with van der Waals surface area (Å²) in [6.07, 6.45) is 1.40. The number of nitrogens with zero attached hydrogens (tertiary/aromatic N) is 1. The highest BCUT2D eigenvalue weighted by Gasteiger charge is 2.35. The van der Waals surface area contributed by atoms with Crippen LogP contribution < -0.4 is 4.74 Å². The first-order chi connectivity index (χ1) is 13.2. The summed E-state index contributed by atoms with van der Waals surface area (Å²) < 4.78 is 10.6. The molecule has 4 rings (SSSR count). The van der Waals surface area contributed by atoms with Crippen LogP contribution in [-0.2, 0) is 9.53 Å². The van der Waals surface area contributed by atoms with E-state index in [4.69, 9.17) is 9.47 Å². The third-order valence-corrected chi connectivity index (χ3v) is 5.30. The van der Waals surface area contributed by atoms with Gasteiger partial charge < -0.3 is 19.4 Å². The van der Waals surface area contributed by atoms with Gasteiger partial charge >= 0.3 is 0 Å². The largest absolute Gasteiger partial charge is 0.497 e. The normalized spacial score (nSPS) is 17.0. The van der Waals surface area contributed by atoms with Gasteiger partial charge in [-0.25, -0.2) is 0 Å². The van der Waals surface area contributed by atoms with Crippen molar-refractivity contribution in [3.63, 3.8) is 0 Å². The number of aromatic nitrogens is 1. The first-order valence-corrected chi connectivity index (χ1v) is 9.26. The maximum Gasteiger partial charge on any atom is 0.223 e. The summed E-state index contributed by atoms with van der Waals surface area (Å²) in [6, 6.07) is 16.4. The lowest BCUT2D eigenvalue weighted by molar-refractivity contribution is -0.129. The van der Waals surface area contributed by atoms with Crippen molar-refractivity contribution in [3.8, 4) is 17.0 Å². The van der Waals surface area contributed by atoms with Crippen LogP contribution in [0.3, 0.4) is 0 Å². The van der Waals surface area contributed by atoms with Crippen LogP contribution in [0.5, 0.6) is 5.75 Å². The molecule has 1 aliphatic heterocycles. The van der Waals surface area contributed by atoms with Crippen LogP contribution in [0.2, 0.25) is 0 Å². The van der Waals surface area contributed by atoms with Crippen LogP contribution in [0.4, 0.5) is 0 Å². The van der Waals surface area contributed by atoms with Gasteiger partial charge in [0.2, 0.25) is 5.91 Å². The van der Waals surface area contributed by atoms with Crippen molar-refractivity contribution in [1.82, 2.24) is 9.88 Å². The molecule has 0 aliphatic carbocycles. The standard InChI is InChI=1S/C22H24N2O3/c1-26-13-12-24-19(10-11-20(24)25)21-17-8-3-4-9-18(17)23-22(21)15-6-5-7-16(14-15)27-2/h3-9,14,19,23H,10-13H2,1-2H3/t19-/m0/s1. The van der Waals surface area contributed by atoms with E-state index in [-0.39, 0.29) is 11.9 Å². The molecule has 0 saturated carbocycles. The van der Waals surface area contributed by atoms with Gasteiger partial charge in [0.15, 0.2) is 0 Å². The molecule has 1 N–H and O–H groups in total. The molecular formula is C22H24N2O3. The van der Waals surface area contributed by atoms with Crippen molar-refractivity contribution >= 4 is 16.8 Å². The average Bonchev–Trinajstić information content (AvgIpc) is 3.26. The first-order valence-electron chi connectivity index (χ1n) is 9.26. The number of hydrogen-bond acceptors (Lipinski definition) is 3. The molecule has 2 aromatic carbocycles. The number of likely N-dealkylation sites (tertiary alicyclic amines) is 1. The Kier molecular flexibility index (Phi) is 4.86. The molecule has 5 heteroatoms. The molecule has 1 aliphatic rings. The summed E-state index contributed by atoms with van der Waals surface area (Å²) in [5.74, 6) is 1.01. The summed E-state index contributed by atoms with van der Waals surface area (Å²) in [5, 5.41) is 1.16. The van der Waals surface area contributed by atoms with Gasteiger partial charge in [-0.2, -0.15) is 0 Å². The number of rotatable bonds is 6. The Bertz CT molecular complexity index is 963. The Labute approximate surface area is 158 Å². The summed E-state index contributed by atoms with van der Waals surface area (Å²) >= 11 is 0. The summed E-state index contributed by atoms with van der Waals surface area (Å²) in [6.45, 7) is 1.15. The number of H-pyrrole nitrogens is 1. The van der Waals surface area contributed by atoms with Crippen molar-refractivity contribution in [2.75, 3.05) is 27.4 Å². The third kappa shape index (κ3) is 3.19. The number of carbonyl (C=O) groups is 1. The molecular weight excluding hydrogens is 340 g/mol. The van der Waals surface area contributed by atoms with E-state index in [0.717, 1.165) is 34.3 Å². The van der Waals surface area contributed by atoms with Crippen molar-refractivity contribution in [2.45, 2.75) is 18.9 Å². The van der Waals surface area contributed by atoms with E-state index in [1.54, 1.807) is 14.2 Å². The minimum atomic E-state index is 0.0463. The van der Waals surface area contributed by atoms with Crippen LogP contribution >= 0.6 is 0 Å². The number of para-hydroxylation sites is 1. The zero-order valence-electron chi connectivity index (χ0n) is 15.7. The number of benzene rings is 2. The fraction of sp³-hybridized carbons (Fsp3) is 0.318. The predicted octanol–water partition coefficient (Wildman–Crippen LogP) is 4.15. The van der Waals surface area contributed by atoms with E-state index in [1.165, 1.54) is 5.56 Å². The quantitative estimate of drug-likeness (QED) is 0.715. The van der Waals surface area contributed by atoms with Crippen LogP contribution in [0.25, 0.3) is 22.2 Å². The molecule has 0 spiro atoms. The van der Waals surface area contributed by atoms with E-state index in [1.807, 2.05) is 35.2 Å². The Balaban J connectivity index is 1.87. The number of nitrogens with one attached hydrogen (secondary N) is 1. The lowest BCUT2D eigenvalue weighted by Gasteiger charge is -2.25. The summed E-state index contributed by atoms with van der Waals surface area (Å²) in [5.41, 5.74) is 4.38. The topological polar surface area (TPSA) is 54.6 Å². The second-order valence-corrected chi connectivity index (χ2v) is 6.83. The monoisotopic (exact) mass is 364 g/mol. The molecule has 0 unspecified atom stereocenters. The number of amides is 1. The second kappa shape index (κ2) is 7.45. The average molecular weight is 364 g/mol. The highest BCUT2D eigenvalue weighted by Crippen LogP contribution is 2.42. The van der Waals surface area contributed by atoms with Crippen molar-refractivity contribution in [1.29, 1.82) is 0 Å². The molecule has 140 valence electrons. The SMILES string of the molecule is COCCN1C(=O)CC[C@H]1c1c(-c2cccc(OC)c2)[nH]c2ccccc12. The predicted molar refractivity (Wildman–Crippen MR) is 106 cm³/mol. The maximum absolute atomic E-state index is 12.5. The van der Waals surface area contributed by atoms with Crippen LogP contribution in [0.15, 0.2) is 48.5 Å². The maximum atomic E-state index is 12.5. The van der Waals surface area contributed by atoms with Gasteiger partial charge in [0, 0.05) is 42.1 Å². The Hall–Kier alpha value is -2.79.